The summed E-state index contributed by atoms with van der Waals surface area (Å²) in [4.78, 5) is 10.2. The van der Waals surface area contributed by atoms with E-state index < -0.39 is 5.97 Å². The first kappa shape index (κ1) is 15.7. The van der Waals surface area contributed by atoms with Crippen molar-refractivity contribution in [2.45, 2.75) is 38.5 Å². The fourth-order valence-electron chi connectivity index (χ4n) is 1.64. The largest absolute Gasteiger partial charge is 0.478 e. The molecule has 0 bridgehead atoms. The van der Waals surface area contributed by atoms with Gasteiger partial charge in [0, 0.05) is 0 Å². The maximum Gasteiger partial charge on any atom is 0.335 e. The van der Waals surface area contributed by atoms with E-state index in [-0.39, 0.29) is 0 Å². The number of rotatable bonds is 1. The number of nitrogens with two attached hydrogens (primary N) is 1. The summed E-state index contributed by atoms with van der Waals surface area (Å²) in [6.45, 7) is 0. The number of hydrogen-bond donors (Lipinski definition) is 2. The third-order valence-corrected chi connectivity index (χ3v) is 2.52. The van der Waals surface area contributed by atoms with Crippen molar-refractivity contribution in [2.75, 3.05) is 7.05 Å². The molecule has 0 spiro atoms. The van der Waals surface area contributed by atoms with Crippen molar-refractivity contribution in [3.8, 4) is 0 Å². The molecule has 3 nitrogen and oxygen atoms in total. The summed E-state index contributed by atoms with van der Waals surface area (Å²) in [6.07, 6.45) is 9.00. The molecule has 1 aromatic carbocycles. The Morgan fingerprint density at radius 3 is 1.53 bits per heavy atom. The second-order valence-electron chi connectivity index (χ2n) is 3.79. The third-order valence-electron chi connectivity index (χ3n) is 2.52. The summed E-state index contributed by atoms with van der Waals surface area (Å²) in [5.41, 5.74) is 4.83. The van der Waals surface area contributed by atoms with Crippen LogP contribution in [0.5, 0.6) is 0 Å². The zero-order valence-electron chi connectivity index (χ0n) is 10.6. The van der Waals surface area contributed by atoms with Gasteiger partial charge in [0.25, 0.3) is 0 Å². The van der Waals surface area contributed by atoms with Crippen LogP contribution in [0, 0.1) is 0 Å². The molecule has 3 N–H and O–H groups in total. The first-order valence-corrected chi connectivity index (χ1v) is 6.17. The second-order valence-corrected chi connectivity index (χ2v) is 3.79. The van der Waals surface area contributed by atoms with Gasteiger partial charge in [-0.05, 0) is 19.2 Å². The molecule has 0 heterocycles. The molecular weight excluding hydrogens is 214 g/mol. The predicted octanol–water partition coefficient (Wildman–Crippen LogP) is 3.30. The lowest BCUT2D eigenvalue weighted by Gasteiger charge is -2.05. The Balaban J connectivity index is 0.000000278. The summed E-state index contributed by atoms with van der Waals surface area (Å²) in [5, 5.41) is 8.38. The van der Waals surface area contributed by atoms with Gasteiger partial charge in [-0.25, -0.2) is 4.79 Å². The molecule has 1 fully saturated rings. The van der Waals surface area contributed by atoms with Crippen LogP contribution in [0.15, 0.2) is 30.3 Å². The summed E-state index contributed by atoms with van der Waals surface area (Å²) in [5.74, 6) is -0.879. The first-order valence-electron chi connectivity index (χ1n) is 6.17. The monoisotopic (exact) mass is 237 g/mol. The molecular formula is C14H23NO2. The molecule has 0 aliphatic heterocycles. The maximum absolute atomic E-state index is 10.2. The van der Waals surface area contributed by atoms with E-state index in [1.807, 2.05) is 0 Å². The Bertz CT molecular complexity index is 270. The molecule has 1 saturated carbocycles. The maximum atomic E-state index is 10.2. The van der Waals surface area contributed by atoms with E-state index in [9.17, 15) is 4.79 Å². The number of carbonyl (C=O) groups is 1. The minimum absolute atomic E-state index is 0.331. The standard InChI is InChI=1S/C7H6O2.C6H12.CH5N/c8-7(9)6-4-2-1-3-5-6;1-2-4-6-5-3-1;1-2/h1-5H,(H,8,9);1-6H2;2H2,1H3. The Labute approximate surface area is 104 Å². The average molecular weight is 237 g/mol. The SMILES string of the molecule is C1CCCCC1.CN.O=C(O)c1ccccc1. The van der Waals surface area contributed by atoms with E-state index in [0.717, 1.165) is 0 Å². The van der Waals surface area contributed by atoms with Crippen molar-refractivity contribution in [1.29, 1.82) is 0 Å². The predicted molar refractivity (Wildman–Crippen MR) is 71.2 cm³/mol. The van der Waals surface area contributed by atoms with Crippen LogP contribution in [-0.4, -0.2) is 18.1 Å². The quantitative estimate of drug-likeness (QED) is 0.787. The normalized spacial score (nSPS) is 13.5. The van der Waals surface area contributed by atoms with Gasteiger partial charge in [0.2, 0.25) is 0 Å². The van der Waals surface area contributed by atoms with Gasteiger partial charge in [0.15, 0.2) is 0 Å². The van der Waals surface area contributed by atoms with Crippen LogP contribution in [0.3, 0.4) is 0 Å². The molecule has 0 atom stereocenters. The molecule has 0 amide bonds. The minimum Gasteiger partial charge on any atom is -0.478 e. The van der Waals surface area contributed by atoms with Gasteiger partial charge in [0.05, 0.1) is 5.56 Å². The fraction of sp³-hybridized carbons (Fsp3) is 0.500. The lowest BCUT2D eigenvalue weighted by Crippen LogP contribution is -1.93. The smallest absolute Gasteiger partial charge is 0.335 e. The number of carboxylic acid groups (broad SMARTS) is 1. The zero-order valence-corrected chi connectivity index (χ0v) is 10.6. The summed E-state index contributed by atoms with van der Waals surface area (Å²) >= 11 is 0. The van der Waals surface area contributed by atoms with E-state index in [0.29, 0.717) is 5.56 Å². The van der Waals surface area contributed by atoms with E-state index >= 15 is 0 Å². The van der Waals surface area contributed by atoms with Crippen molar-refractivity contribution in [3.05, 3.63) is 35.9 Å². The Kier molecular flexibility index (Phi) is 10.3. The van der Waals surface area contributed by atoms with Gasteiger partial charge in [-0.1, -0.05) is 56.7 Å². The van der Waals surface area contributed by atoms with Crippen LogP contribution in [0.1, 0.15) is 48.9 Å². The van der Waals surface area contributed by atoms with Crippen LogP contribution in [0.4, 0.5) is 0 Å². The molecule has 96 valence electrons. The summed E-state index contributed by atoms with van der Waals surface area (Å²) in [7, 11) is 1.50. The van der Waals surface area contributed by atoms with Gasteiger partial charge in [0.1, 0.15) is 0 Å². The number of carboxylic acids is 1. The summed E-state index contributed by atoms with van der Waals surface area (Å²) in [6, 6.07) is 8.30. The molecule has 3 heteroatoms. The molecule has 1 aliphatic rings. The van der Waals surface area contributed by atoms with Crippen LogP contribution in [-0.2, 0) is 0 Å². The molecule has 1 aliphatic carbocycles. The number of aromatic carboxylic acids is 1. The molecule has 0 aromatic heterocycles. The first-order chi connectivity index (χ1) is 8.30. The highest BCUT2D eigenvalue weighted by Crippen LogP contribution is 2.15. The van der Waals surface area contributed by atoms with Gasteiger partial charge in [-0.2, -0.15) is 0 Å². The van der Waals surface area contributed by atoms with E-state index in [1.54, 1.807) is 30.3 Å². The minimum atomic E-state index is -0.879. The highest BCUT2D eigenvalue weighted by molar-refractivity contribution is 5.87. The number of benzene rings is 1. The van der Waals surface area contributed by atoms with E-state index in [2.05, 4.69) is 5.73 Å². The highest BCUT2D eigenvalue weighted by atomic mass is 16.4. The van der Waals surface area contributed by atoms with Crippen molar-refractivity contribution >= 4 is 5.97 Å². The Morgan fingerprint density at radius 2 is 1.29 bits per heavy atom. The summed E-state index contributed by atoms with van der Waals surface area (Å²) < 4.78 is 0. The Hall–Kier alpha value is -1.35. The van der Waals surface area contributed by atoms with Crippen LogP contribution in [0.2, 0.25) is 0 Å². The molecule has 0 radical (unpaired) electrons. The van der Waals surface area contributed by atoms with E-state index in [4.69, 9.17) is 5.11 Å². The van der Waals surface area contributed by atoms with Gasteiger partial charge < -0.3 is 10.8 Å². The third kappa shape index (κ3) is 8.46. The van der Waals surface area contributed by atoms with Crippen molar-refractivity contribution < 1.29 is 9.90 Å². The zero-order chi connectivity index (χ0) is 12.9. The van der Waals surface area contributed by atoms with Crippen LogP contribution in [0.25, 0.3) is 0 Å². The van der Waals surface area contributed by atoms with Crippen molar-refractivity contribution in [2.24, 2.45) is 5.73 Å². The lowest BCUT2D eigenvalue weighted by molar-refractivity contribution is 0.0697. The van der Waals surface area contributed by atoms with E-state index in [1.165, 1.54) is 45.6 Å². The topological polar surface area (TPSA) is 63.3 Å². The highest BCUT2D eigenvalue weighted by Gasteiger charge is 1.96. The molecule has 17 heavy (non-hydrogen) atoms. The van der Waals surface area contributed by atoms with Gasteiger partial charge in [-0.15, -0.1) is 0 Å². The Morgan fingerprint density at radius 1 is 0.941 bits per heavy atom. The van der Waals surface area contributed by atoms with Gasteiger partial charge in [-0.3, -0.25) is 0 Å². The number of hydrogen-bond acceptors (Lipinski definition) is 2. The lowest BCUT2D eigenvalue weighted by atomic mass is 10.0. The molecule has 0 unspecified atom stereocenters. The van der Waals surface area contributed by atoms with Crippen molar-refractivity contribution in [1.82, 2.24) is 0 Å². The van der Waals surface area contributed by atoms with Gasteiger partial charge >= 0.3 is 5.97 Å². The van der Waals surface area contributed by atoms with Crippen LogP contribution >= 0.6 is 0 Å². The van der Waals surface area contributed by atoms with Crippen molar-refractivity contribution in [3.63, 3.8) is 0 Å². The molecule has 2 rings (SSSR count). The fourth-order valence-corrected chi connectivity index (χ4v) is 1.64. The van der Waals surface area contributed by atoms with Crippen LogP contribution < -0.4 is 5.73 Å². The average Bonchev–Trinajstić information content (AvgIpc) is 2.44. The second kappa shape index (κ2) is 11.1. The molecule has 1 aromatic rings. The molecule has 0 saturated heterocycles.